The van der Waals surface area contributed by atoms with Crippen LogP contribution in [0.4, 0.5) is 11.4 Å². The Morgan fingerprint density at radius 3 is 2.52 bits per heavy atom. The number of hydrogen-bond donors (Lipinski definition) is 1. The minimum atomic E-state index is 0.0121. The van der Waals surface area contributed by atoms with Crippen LogP contribution in [0.25, 0.3) is 0 Å². The zero-order valence-electron chi connectivity index (χ0n) is 13.0. The highest BCUT2D eigenvalue weighted by Crippen LogP contribution is 2.27. The van der Waals surface area contributed by atoms with Crippen LogP contribution in [0.3, 0.4) is 0 Å². The Labute approximate surface area is 132 Å². The summed E-state index contributed by atoms with van der Waals surface area (Å²) in [6.07, 6.45) is 4.96. The zero-order valence-corrected chi connectivity index (χ0v) is 13.8. The first-order chi connectivity index (χ1) is 9.97. The van der Waals surface area contributed by atoms with E-state index >= 15 is 0 Å². The van der Waals surface area contributed by atoms with Crippen molar-refractivity contribution < 1.29 is 4.79 Å². The lowest BCUT2D eigenvalue weighted by atomic mass is 10.2. The lowest BCUT2D eigenvalue weighted by Gasteiger charge is -2.23. The second-order valence-electron chi connectivity index (χ2n) is 5.96. The fourth-order valence-corrected chi connectivity index (χ4v) is 3.20. The van der Waals surface area contributed by atoms with Crippen LogP contribution in [0, 0.1) is 0 Å². The maximum atomic E-state index is 12.1. The van der Waals surface area contributed by atoms with Crippen LogP contribution in [0.1, 0.15) is 25.7 Å². The number of benzene rings is 1. The monoisotopic (exact) mass is 309 g/mol. The van der Waals surface area contributed by atoms with E-state index in [1.807, 2.05) is 38.2 Å². The van der Waals surface area contributed by atoms with E-state index in [2.05, 4.69) is 10.2 Å². The van der Waals surface area contributed by atoms with Crippen LogP contribution in [-0.4, -0.2) is 44.5 Å². The number of anilines is 2. The Balaban J connectivity index is 1.91. The Morgan fingerprint density at radius 2 is 1.95 bits per heavy atom. The van der Waals surface area contributed by atoms with Crippen molar-refractivity contribution >= 4 is 28.9 Å². The minimum Gasteiger partial charge on any atom is -0.376 e. The van der Waals surface area contributed by atoms with Gasteiger partial charge in [0.2, 0.25) is 5.91 Å². The summed E-state index contributed by atoms with van der Waals surface area (Å²) in [5.41, 5.74) is 1.69. The molecule has 0 aliphatic heterocycles. The number of carbonyl (C=O) groups is 1. The summed E-state index contributed by atoms with van der Waals surface area (Å²) >= 11 is 6.21. The molecule has 1 aromatic carbocycles. The third-order valence-electron chi connectivity index (χ3n) is 4.05. The van der Waals surface area contributed by atoms with E-state index in [9.17, 15) is 4.79 Å². The molecule has 0 heterocycles. The molecule has 0 aromatic heterocycles. The van der Waals surface area contributed by atoms with Crippen molar-refractivity contribution in [2.75, 3.05) is 37.9 Å². The number of carbonyl (C=O) groups excluding carboxylic acids is 1. The van der Waals surface area contributed by atoms with Gasteiger partial charge in [0.05, 0.1) is 17.3 Å². The molecule has 4 nitrogen and oxygen atoms in total. The van der Waals surface area contributed by atoms with Gasteiger partial charge in [-0.2, -0.15) is 0 Å². The maximum absolute atomic E-state index is 12.1. The van der Waals surface area contributed by atoms with Crippen molar-refractivity contribution in [2.45, 2.75) is 31.7 Å². The van der Waals surface area contributed by atoms with E-state index in [1.165, 1.54) is 25.7 Å². The van der Waals surface area contributed by atoms with Gasteiger partial charge in [-0.3, -0.25) is 9.69 Å². The van der Waals surface area contributed by atoms with E-state index in [0.717, 1.165) is 11.4 Å². The van der Waals surface area contributed by atoms with Crippen LogP contribution < -0.4 is 10.2 Å². The second kappa shape index (κ2) is 7.14. The highest BCUT2D eigenvalue weighted by atomic mass is 35.5. The average Bonchev–Trinajstić information content (AvgIpc) is 2.91. The van der Waals surface area contributed by atoms with Crippen LogP contribution in [0.2, 0.25) is 5.02 Å². The molecule has 1 amide bonds. The SMILES string of the molecule is CN(C)c1ccc(NC(=O)CN(C)C2CCCC2)cc1Cl. The number of nitrogens with zero attached hydrogens (tertiary/aromatic N) is 2. The number of likely N-dealkylation sites (N-methyl/N-ethyl adjacent to an activating group) is 1. The fraction of sp³-hybridized carbons (Fsp3) is 0.562. The third kappa shape index (κ3) is 4.35. The first-order valence-corrected chi connectivity index (χ1v) is 7.82. The summed E-state index contributed by atoms with van der Waals surface area (Å²) in [7, 11) is 5.91. The number of halogens is 1. The van der Waals surface area contributed by atoms with Gasteiger partial charge < -0.3 is 10.2 Å². The van der Waals surface area contributed by atoms with Crippen molar-refractivity contribution in [3.8, 4) is 0 Å². The molecule has 1 aliphatic carbocycles. The Morgan fingerprint density at radius 1 is 1.29 bits per heavy atom. The molecule has 5 heteroatoms. The van der Waals surface area contributed by atoms with Gasteiger partial charge >= 0.3 is 0 Å². The van der Waals surface area contributed by atoms with E-state index in [-0.39, 0.29) is 5.91 Å². The predicted molar refractivity (Wildman–Crippen MR) is 89.3 cm³/mol. The maximum Gasteiger partial charge on any atom is 0.238 e. The first kappa shape index (κ1) is 16.1. The molecule has 1 fully saturated rings. The quantitative estimate of drug-likeness (QED) is 0.907. The van der Waals surface area contributed by atoms with Crippen molar-refractivity contribution in [2.24, 2.45) is 0 Å². The topological polar surface area (TPSA) is 35.6 Å². The molecule has 0 unspecified atom stereocenters. The number of amides is 1. The van der Waals surface area contributed by atoms with Crippen LogP contribution in [-0.2, 0) is 4.79 Å². The van der Waals surface area contributed by atoms with Gasteiger partial charge in [0.25, 0.3) is 0 Å². The molecule has 0 saturated heterocycles. The van der Waals surface area contributed by atoms with Gasteiger partial charge in [-0.15, -0.1) is 0 Å². The van der Waals surface area contributed by atoms with E-state index < -0.39 is 0 Å². The van der Waals surface area contributed by atoms with E-state index in [4.69, 9.17) is 11.6 Å². The summed E-state index contributed by atoms with van der Waals surface area (Å²) in [5.74, 6) is 0.0121. The number of hydrogen-bond acceptors (Lipinski definition) is 3. The lowest BCUT2D eigenvalue weighted by molar-refractivity contribution is -0.117. The first-order valence-electron chi connectivity index (χ1n) is 7.44. The predicted octanol–water partition coefficient (Wildman–Crippen LogP) is 3.22. The number of rotatable bonds is 5. The molecule has 0 atom stereocenters. The molecule has 0 radical (unpaired) electrons. The van der Waals surface area contributed by atoms with Gasteiger partial charge in [0, 0.05) is 25.8 Å². The molecule has 2 rings (SSSR count). The van der Waals surface area contributed by atoms with E-state index in [1.54, 1.807) is 6.07 Å². The lowest BCUT2D eigenvalue weighted by Crippen LogP contribution is -2.36. The molecule has 0 spiro atoms. The van der Waals surface area contributed by atoms with Crippen molar-refractivity contribution in [1.29, 1.82) is 0 Å². The summed E-state index contributed by atoms with van der Waals surface area (Å²) in [6, 6.07) is 6.15. The standard InChI is InChI=1S/C16H24ClN3O/c1-19(2)15-9-8-12(10-14(15)17)18-16(21)11-20(3)13-6-4-5-7-13/h8-10,13H,4-7,11H2,1-3H3,(H,18,21). The second-order valence-corrected chi connectivity index (χ2v) is 6.37. The molecule has 1 aliphatic rings. The largest absolute Gasteiger partial charge is 0.376 e. The summed E-state index contributed by atoms with van der Waals surface area (Å²) in [4.78, 5) is 16.2. The summed E-state index contributed by atoms with van der Waals surface area (Å²) < 4.78 is 0. The van der Waals surface area contributed by atoms with Crippen LogP contribution >= 0.6 is 11.6 Å². The highest BCUT2D eigenvalue weighted by molar-refractivity contribution is 6.33. The molecular formula is C16H24ClN3O. The molecule has 116 valence electrons. The molecular weight excluding hydrogens is 286 g/mol. The molecule has 0 bridgehead atoms. The van der Waals surface area contributed by atoms with Crippen LogP contribution in [0.5, 0.6) is 0 Å². The number of nitrogens with one attached hydrogen (secondary N) is 1. The Kier molecular flexibility index (Phi) is 5.48. The van der Waals surface area contributed by atoms with Gasteiger partial charge in [-0.25, -0.2) is 0 Å². The Hall–Kier alpha value is -1.26. The molecule has 21 heavy (non-hydrogen) atoms. The Bertz CT molecular complexity index is 498. The van der Waals surface area contributed by atoms with Crippen molar-refractivity contribution in [3.63, 3.8) is 0 Å². The average molecular weight is 310 g/mol. The van der Waals surface area contributed by atoms with E-state index in [0.29, 0.717) is 17.6 Å². The third-order valence-corrected chi connectivity index (χ3v) is 4.36. The molecule has 1 aromatic rings. The van der Waals surface area contributed by atoms with Crippen molar-refractivity contribution in [1.82, 2.24) is 4.90 Å². The van der Waals surface area contributed by atoms with Gasteiger partial charge in [-0.05, 0) is 38.1 Å². The fourth-order valence-electron chi connectivity index (χ4n) is 2.85. The van der Waals surface area contributed by atoms with Crippen LogP contribution in [0.15, 0.2) is 18.2 Å². The molecule has 1 N–H and O–H groups in total. The zero-order chi connectivity index (χ0) is 15.4. The minimum absolute atomic E-state index is 0.0121. The van der Waals surface area contributed by atoms with Gasteiger partial charge in [-0.1, -0.05) is 24.4 Å². The van der Waals surface area contributed by atoms with Gasteiger partial charge in [0.1, 0.15) is 0 Å². The van der Waals surface area contributed by atoms with Gasteiger partial charge in [0.15, 0.2) is 0 Å². The summed E-state index contributed by atoms with van der Waals surface area (Å²) in [6.45, 7) is 0.428. The summed E-state index contributed by atoms with van der Waals surface area (Å²) in [5, 5.41) is 3.56. The molecule has 1 saturated carbocycles. The van der Waals surface area contributed by atoms with Crippen molar-refractivity contribution in [3.05, 3.63) is 23.2 Å². The highest BCUT2D eigenvalue weighted by Gasteiger charge is 2.21. The normalized spacial score (nSPS) is 15.5. The smallest absolute Gasteiger partial charge is 0.238 e.